The molecule has 0 aliphatic heterocycles. The first kappa shape index (κ1) is 39.3. The van der Waals surface area contributed by atoms with Gasteiger partial charge in [0.1, 0.15) is 0 Å². The van der Waals surface area contributed by atoms with Crippen molar-refractivity contribution in [2.45, 2.75) is 35.4 Å². The van der Waals surface area contributed by atoms with Gasteiger partial charge in [0, 0.05) is 12.0 Å². The van der Waals surface area contributed by atoms with Crippen LogP contribution in [-0.2, 0) is 34.4 Å². The minimum Gasteiger partial charge on any atom is -0.461 e. The average molecular weight is 817 g/mol. The second-order valence-corrected chi connectivity index (χ2v) is 16.0. The Morgan fingerprint density at radius 3 is 2.00 bits per heavy atom. The number of ketones is 1. The first-order valence-corrected chi connectivity index (χ1v) is 20.0. The van der Waals surface area contributed by atoms with E-state index in [0.29, 0.717) is 34.7 Å². The second kappa shape index (κ2) is 16.4. The van der Waals surface area contributed by atoms with Crippen LogP contribution in [0.2, 0.25) is 0 Å². The van der Waals surface area contributed by atoms with E-state index in [2.05, 4.69) is 46.7 Å². The second-order valence-electron chi connectivity index (χ2n) is 10.6. The van der Waals surface area contributed by atoms with E-state index < -0.39 is 63.7 Å². The number of hydrogen-bond donors (Lipinski definition) is 5. The van der Waals surface area contributed by atoms with Gasteiger partial charge in [0.05, 0.1) is 29.2 Å². The number of hydrogen-bond acceptors (Lipinski definition) is 18. The quantitative estimate of drug-likeness (QED) is 0.0330. The maximum absolute atomic E-state index is 14.1. The highest BCUT2D eigenvalue weighted by atomic mass is 32.3. The molecule has 5 rings (SSSR count). The van der Waals surface area contributed by atoms with Crippen LogP contribution < -0.4 is 26.3 Å². The summed E-state index contributed by atoms with van der Waals surface area (Å²) in [4.78, 5) is 53.1. The lowest BCUT2D eigenvalue weighted by atomic mass is 10.0. The molecular formula is C29H28N12O9S4. The van der Waals surface area contributed by atoms with E-state index in [4.69, 9.17) is 15.0 Å². The number of carbonyl (C=O) groups excluding carboxylic acids is 4. The van der Waals surface area contributed by atoms with Gasteiger partial charge in [-0.25, -0.2) is 36.6 Å². The van der Waals surface area contributed by atoms with Gasteiger partial charge in [0.25, 0.3) is 31.9 Å². The van der Waals surface area contributed by atoms with Gasteiger partial charge >= 0.3 is 5.97 Å². The number of nitrogens with one attached hydrogen (secondary N) is 3. The summed E-state index contributed by atoms with van der Waals surface area (Å²) >= 11 is 0.894. The fraction of sp³-hybridized carbons (Fsp3) is 0.172. The third kappa shape index (κ3) is 9.19. The van der Waals surface area contributed by atoms with Crippen LogP contribution in [0.25, 0.3) is 16.9 Å². The Kier molecular flexibility index (Phi) is 12.0. The van der Waals surface area contributed by atoms with Gasteiger partial charge in [0.15, 0.2) is 11.5 Å². The monoisotopic (exact) mass is 816 g/mol. The van der Waals surface area contributed by atoms with Crippen molar-refractivity contribution in [2.75, 3.05) is 22.7 Å². The van der Waals surface area contributed by atoms with Crippen molar-refractivity contribution in [3.05, 3.63) is 65.9 Å². The standard InChI is InChI=1S/C29H28N12O9S4/c1-3-9-18(42)20(25(45)50-4-2)35-34-16-12-8-13-17(14-16)41-22(15-10-6-5-7-11-15)19(23(43)32-26-36-38-28(51-26)53(30,46)47)21(40-41)24(44)33-27-37-39-29(52-27)54(31,48)49/h5-8,10-14,34H,3-4,9H2,1-2H3,(H2,30,46,47)(H2,31,48,49)(H,32,36,43)(H,33,37,44)/b35-20-. The number of hydrazone groups is 1. The van der Waals surface area contributed by atoms with E-state index in [-0.39, 0.29) is 45.9 Å². The number of sulfonamides is 2. The van der Waals surface area contributed by atoms with E-state index in [1.165, 1.54) is 10.7 Å². The lowest BCUT2D eigenvalue weighted by Crippen LogP contribution is -2.27. The summed E-state index contributed by atoms with van der Waals surface area (Å²) in [6.45, 7) is 3.36. The SMILES string of the molecule is CCCC(=O)/C(=N/Nc1cccc(-n2nc(C(=O)Nc3nnc(S(N)(=O)=O)s3)c(C(=O)Nc3nnc(S(N)(=O)=O)s3)c2-c2ccccc2)c1)C(=O)OCC. The summed E-state index contributed by atoms with van der Waals surface area (Å²) in [7, 11) is -8.54. The van der Waals surface area contributed by atoms with Crippen molar-refractivity contribution in [3.63, 3.8) is 0 Å². The highest BCUT2D eigenvalue weighted by Gasteiger charge is 2.32. The van der Waals surface area contributed by atoms with Crippen molar-refractivity contribution in [2.24, 2.45) is 15.4 Å². The van der Waals surface area contributed by atoms with Gasteiger partial charge in [-0.3, -0.25) is 30.4 Å². The first-order valence-electron chi connectivity index (χ1n) is 15.3. The number of nitrogens with zero attached hydrogens (tertiary/aromatic N) is 7. The molecular weight excluding hydrogens is 789 g/mol. The number of carbonyl (C=O) groups is 4. The maximum Gasteiger partial charge on any atom is 0.362 e. The summed E-state index contributed by atoms with van der Waals surface area (Å²) in [5.41, 5.74) is 2.26. The molecule has 3 heterocycles. The summed E-state index contributed by atoms with van der Waals surface area (Å²) in [5, 5.41) is 37.2. The fourth-order valence-corrected chi connectivity index (χ4v) is 7.16. The van der Waals surface area contributed by atoms with Crippen LogP contribution in [-0.4, -0.2) is 82.9 Å². The van der Waals surface area contributed by atoms with Gasteiger partial charge in [-0.05, 0) is 31.5 Å². The number of amides is 2. The Morgan fingerprint density at radius 2 is 1.44 bits per heavy atom. The van der Waals surface area contributed by atoms with Crippen LogP contribution in [0.3, 0.4) is 0 Å². The van der Waals surface area contributed by atoms with Gasteiger partial charge in [-0.2, -0.15) is 10.2 Å². The van der Waals surface area contributed by atoms with Gasteiger partial charge in [-0.1, -0.05) is 66.0 Å². The van der Waals surface area contributed by atoms with Crippen molar-refractivity contribution in [1.29, 1.82) is 0 Å². The summed E-state index contributed by atoms with van der Waals surface area (Å²) in [6.07, 6.45) is 0.502. The Labute approximate surface area is 313 Å². The zero-order chi connectivity index (χ0) is 39.2. The van der Waals surface area contributed by atoms with Crippen LogP contribution in [0, 0.1) is 0 Å². The van der Waals surface area contributed by atoms with E-state index in [1.54, 1.807) is 62.4 Å². The van der Waals surface area contributed by atoms with Crippen LogP contribution in [0.5, 0.6) is 0 Å². The largest absolute Gasteiger partial charge is 0.461 e. The lowest BCUT2D eigenvalue weighted by molar-refractivity contribution is -0.135. The molecule has 7 N–H and O–H groups in total. The zero-order valence-corrected chi connectivity index (χ0v) is 31.2. The topological polar surface area (TPSA) is 316 Å². The van der Waals surface area contributed by atoms with Gasteiger partial charge < -0.3 is 4.74 Å². The highest BCUT2D eigenvalue weighted by Crippen LogP contribution is 2.32. The van der Waals surface area contributed by atoms with Gasteiger partial charge in [0.2, 0.25) is 24.7 Å². The molecule has 0 fully saturated rings. The van der Waals surface area contributed by atoms with E-state index in [1.807, 2.05) is 0 Å². The molecule has 0 unspecified atom stereocenters. The number of benzene rings is 2. The van der Waals surface area contributed by atoms with E-state index >= 15 is 0 Å². The van der Waals surface area contributed by atoms with E-state index in [0.717, 1.165) is 0 Å². The molecule has 3 aromatic heterocycles. The molecule has 0 atom stereocenters. The van der Waals surface area contributed by atoms with Crippen LogP contribution >= 0.6 is 22.7 Å². The Bertz CT molecular complexity index is 2480. The van der Waals surface area contributed by atoms with Crippen molar-refractivity contribution < 1.29 is 40.8 Å². The van der Waals surface area contributed by atoms with Crippen LogP contribution in [0.1, 0.15) is 47.5 Å². The fourth-order valence-electron chi connectivity index (χ4n) is 4.50. The minimum atomic E-state index is -4.27. The van der Waals surface area contributed by atoms with Crippen molar-refractivity contribution in [1.82, 2.24) is 30.2 Å². The molecule has 0 bridgehead atoms. The molecule has 0 saturated carbocycles. The summed E-state index contributed by atoms with van der Waals surface area (Å²) in [5.74, 6) is -3.48. The number of nitrogens with two attached hydrogens (primary N) is 2. The molecule has 21 nitrogen and oxygen atoms in total. The molecule has 54 heavy (non-hydrogen) atoms. The molecule has 0 aliphatic rings. The highest BCUT2D eigenvalue weighted by molar-refractivity contribution is 7.91. The Hall–Kier alpha value is -5.86. The van der Waals surface area contributed by atoms with Gasteiger partial charge in [-0.15, -0.1) is 20.4 Å². The first-order chi connectivity index (χ1) is 25.6. The summed E-state index contributed by atoms with van der Waals surface area (Å²) < 4.78 is 52.2. The third-order valence-electron chi connectivity index (χ3n) is 6.71. The normalized spacial score (nSPS) is 11.9. The number of aromatic nitrogens is 6. The minimum absolute atomic E-state index is 0.0127. The van der Waals surface area contributed by atoms with Crippen molar-refractivity contribution in [3.8, 4) is 16.9 Å². The third-order valence-corrected chi connectivity index (χ3v) is 11.0. The Morgan fingerprint density at radius 1 is 0.833 bits per heavy atom. The Balaban J connectivity index is 1.65. The number of primary sulfonamides is 2. The number of rotatable bonds is 15. The number of anilines is 3. The average Bonchev–Trinajstić information content (AvgIpc) is 3.88. The zero-order valence-electron chi connectivity index (χ0n) is 27.9. The molecule has 0 spiro atoms. The van der Waals surface area contributed by atoms with Crippen LogP contribution in [0.15, 0.2) is 68.4 Å². The lowest BCUT2D eigenvalue weighted by Gasteiger charge is -2.11. The molecule has 0 aliphatic carbocycles. The summed E-state index contributed by atoms with van der Waals surface area (Å²) in [6, 6.07) is 14.4. The molecule has 0 saturated heterocycles. The molecule has 2 amide bonds. The number of Topliss-reactive ketones (excluding diaryl/α,β-unsaturated/α-hetero) is 1. The maximum atomic E-state index is 14.1. The molecule has 282 valence electrons. The molecule has 2 aromatic carbocycles. The molecule has 0 radical (unpaired) electrons. The number of ether oxygens (including phenoxy) is 1. The van der Waals surface area contributed by atoms with E-state index in [9.17, 15) is 36.0 Å². The van der Waals surface area contributed by atoms with Crippen LogP contribution in [0.4, 0.5) is 16.0 Å². The van der Waals surface area contributed by atoms with Crippen molar-refractivity contribution >= 4 is 87.9 Å². The molecule has 25 heteroatoms. The number of esters is 1. The molecule has 5 aromatic rings. The predicted molar refractivity (Wildman–Crippen MR) is 195 cm³/mol. The smallest absolute Gasteiger partial charge is 0.362 e. The predicted octanol–water partition coefficient (Wildman–Crippen LogP) is 1.74.